The van der Waals surface area contributed by atoms with Crippen molar-refractivity contribution in [1.29, 1.82) is 0 Å². The largest absolute Gasteiger partial charge is 3.00 e. The van der Waals surface area contributed by atoms with Gasteiger partial charge in [-0.05, 0) is 0 Å². The smallest absolute Gasteiger partial charge is 0.549 e. The van der Waals surface area contributed by atoms with E-state index >= 15 is 0 Å². The van der Waals surface area contributed by atoms with E-state index in [9.17, 15) is 29.7 Å². The fraction of sp³-hybridized carbons (Fsp3) is 0.667. The third-order valence-corrected chi connectivity index (χ3v) is 11.7. The molecule has 0 bridgehead atoms. The Morgan fingerprint density at radius 1 is 0.636 bits per heavy atom. The van der Waals surface area contributed by atoms with Gasteiger partial charge in [-0.1, -0.05) is 136 Å². The number of hydrogen-bond donors (Lipinski definition) is 0. The van der Waals surface area contributed by atoms with E-state index < -0.39 is 17.9 Å². The predicted octanol–water partition coefficient (Wildman–Crippen LogP) is -0.456. The first-order chi connectivity index (χ1) is 9.54. The van der Waals surface area contributed by atoms with E-state index in [0.29, 0.717) is 13.3 Å². The zero-order chi connectivity index (χ0) is 17.6. The summed E-state index contributed by atoms with van der Waals surface area (Å²) < 4.78 is 0.830. The summed E-state index contributed by atoms with van der Waals surface area (Å²) >= 11 is 11.5. The van der Waals surface area contributed by atoms with Crippen LogP contribution in [0.5, 0.6) is 0 Å². The monoisotopic (exact) mass is 1090 g/mol. The number of carboxylic acid groups (broad SMARTS) is 3. The summed E-state index contributed by atoms with van der Waals surface area (Å²) in [5, 5.41) is 29.4. The number of alkyl halides is 6. The maximum absolute atomic E-state index is 9.81. The van der Waals surface area contributed by atoms with Gasteiger partial charge in [-0.15, -0.1) is 0 Å². The molecule has 0 N–H and O–H groups in total. The zero-order valence-electron chi connectivity index (χ0n) is 10.6. The van der Waals surface area contributed by atoms with Gasteiger partial charge in [0.05, 0.1) is 29.7 Å². The SMILES string of the molecule is O=C([O-])C(I)CI.O=C([O-])C(I)CI.O=C([O-])C(I)CI.[In+3]. The average molecular weight is 1090 g/mol. The first-order valence-corrected chi connectivity index (χ1v) is 13.1. The third kappa shape index (κ3) is 25.9. The van der Waals surface area contributed by atoms with Crippen molar-refractivity contribution in [3.63, 3.8) is 0 Å². The average Bonchev–Trinajstić information content (AvgIpc) is 2.45. The molecular formula is C9H9I6InO6. The molecule has 6 nitrogen and oxygen atoms in total. The predicted molar refractivity (Wildman–Crippen MR) is 131 cm³/mol. The van der Waals surface area contributed by atoms with Crippen LogP contribution in [0.2, 0.25) is 0 Å². The van der Waals surface area contributed by atoms with Gasteiger partial charge in [0.15, 0.2) is 0 Å². The van der Waals surface area contributed by atoms with Crippen molar-refractivity contribution in [1.82, 2.24) is 0 Å². The van der Waals surface area contributed by atoms with E-state index in [-0.39, 0.29) is 37.6 Å². The van der Waals surface area contributed by atoms with E-state index in [1.807, 2.05) is 136 Å². The van der Waals surface area contributed by atoms with Crippen LogP contribution in [0.15, 0.2) is 0 Å². The Labute approximate surface area is 229 Å². The number of rotatable bonds is 6. The number of carbonyl (C=O) groups is 3. The number of halogens is 6. The summed E-state index contributed by atoms with van der Waals surface area (Å²) in [5.41, 5.74) is 0. The summed E-state index contributed by atoms with van der Waals surface area (Å²) in [6.45, 7) is 0. The molecule has 0 aromatic rings. The van der Waals surface area contributed by atoms with E-state index in [1.54, 1.807) is 0 Å². The van der Waals surface area contributed by atoms with Gasteiger partial charge in [-0.25, -0.2) is 0 Å². The fourth-order valence-corrected chi connectivity index (χ4v) is 1.27. The Hall–Kier alpha value is 3.66. The molecule has 0 aliphatic heterocycles. The number of aliphatic carboxylic acids is 3. The molecule has 0 amide bonds. The van der Waals surface area contributed by atoms with Crippen LogP contribution < -0.4 is 15.3 Å². The number of hydrogen-bond acceptors (Lipinski definition) is 6. The van der Waals surface area contributed by atoms with Crippen molar-refractivity contribution in [2.45, 2.75) is 11.8 Å². The van der Waals surface area contributed by atoms with Crippen LogP contribution in [0.25, 0.3) is 0 Å². The van der Waals surface area contributed by atoms with Crippen molar-refractivity contribution < 1.29 is 29.7 Å². The Balaban J connectivity index is -0.000000108. The van der Waals surface area contributed by atoms with Gasteiger partial charge in [-0.2, -0.15) is 0 Å². The quantitative estimate of drug-likeness (QED) is 0.263. The molecule has 22 heavy (non-hydrogen) atoms. The summed E-state index contributed by atoms with van der Waals surface area (Å²) in [6, 6.07) is 0. The van der Waals surface area contributed by atoms with Gasteiger partial charge in [-0.3, -0.25) is 0 Å². The maximum atomic E-state index is 9.81. The van der Waals surface area contributed by atoms with Crippen molar-refractivity contribution in [3.8, 4) is 0 Å². The van der Waals surface area contributed by atoms with Gasteiger partial charge >= 0.3 is 25.8 Å². The minimum absolute atomic E-state index is 0. The summed E-state index contributed by atoms with van der Waals surface area (Å²) in [4.78, 5) is 29.4. The molecule has 0 saturated heterocycles. The zero-order valence-corrected chi connectivity index (χ0v) is 26.9. The van der Waals surface area contributed by atoms with E-state index in [0.717, 1.165) is 0 Å². The first kappa shape index (κ1) is 33.3. The molecule has 0 heterocycles. The topological polar surface area (TPSA) is 120 Å². The van der Waals surface area contributed by atoms with Crippen LogP contribution in [-0.2, 0) is 14.4 Å². The second-order valence-electron chi connectivity index (χ2n) is 2.82. The van der Waals surface area contributed by atoms with Crippen LogP contribution in [0, 0.1) is 0 Å². The van der Waals surface area contributed by atoms with Crippen LogP contribution in [0.1, 0.15) is 0 Å². The van der Waals surface area contributed by atoms with Gasteiger partial charge in [0, 0.05) is 13.3 Å². The normalized spacial score (nSPS) is 12.8. The number of carboxylic acids is 3. The van der Waals surface area contributed by atoms with Crippen molar-refractivity contribution in [2.75, 3.05) is 13.3 Å². The summed E-state index contributed by atoms with van der Waals surface area (Å²) in [5.74, 6) is -2.93. The third-order valence-electron chi connectivity index (χ3n) is 1.17. The van der Waals surface area contributed by atoms with E-state index in [4.69, 9.17) is 0 Å². The van der Waals surface area contributed by atoms with Gasteiger partial charge in [0.25, 0.3) is 0 Å². The van der Waals surface area contributed by atoms with Gasteiger partial charge in [0.2, 0.25) is 0 Å². The van der Waals surface area contributed by atoms with Crippen LogP contribution in [-0.4, -0.2) is 68.8 Å². The van der Waals surface area contributed by atoms with Gasteiger partial charge in [0.1, 0.15) is 0 Å². The van der Waals surface area contributed by atoms with Crippen molar-refractivity contribution in [3.05, 3.63) is 0 Å². The molecule has 0 aromatic heterocycles. The standard InChI is InChI=1S/3C3H4I2O2.In/c3*4-1-2(5)3(6)7;/h3*2H,1H2,(H,6,7);/q;;;+3/p-3. The minimum Gasteiger partial charge on any atom is -0.549 e. The Morgan fingerprint density at radius 3 is 0.773 bits per heavy atom. The molecule has 3 unspecified atom stereocenters. The van der Waals surface area contributed by atoms with Crippen LogP contribution in [0.3, 0.4) is 0 Å². The van der Waals surface area contributed by atoms with Crippen molar-refractivity contribution in [2.24, 2.45) is 0 Å². The first-order valence-electron chi connectivity index (χ1n) is 4.77. The molecule has 0 radical (unpaired) electrons. The number of carbonyl (C=O) groups excluding carboxylic acids is 3. The summed E-state index contributed by atoms with van der Waals surface area (Å²) in [6.07, 6.45) is 0. The second-order valence-corrected chi connectivity index (χ2v) is 9.98. The summed E-state index contributed by atoms with van der Waals surface area (Å²) in [7, 11) is 0. The van der Waals surface area contributed by atoms with Gasteiger partial charge < -0.3 is 29.7 Å². The fourth-order valence-electron chi connectivity index (χ4n) is 0.189. The molecule has 13 heteroatoms. The molecule has 0 aliphatic carbocycles. The van der Waals surface area contributed by atoms with Crippen LogP contribution >= 0.6 is 136 Å². The second kappa shape index (κ2) is 22.7. The molecule has 0 fully saturated rings. The molecule has 126 valence electrons. The molecule has 0 aliphatic rings. The molecule has 0 spiro atoms. The minimum atomic E-state index is -0.977. The van der Waals surface area contributed by atoms with Crippen LogP contribution in [0.4, 0.5) is 0 Å². The maximum Gasteiger partial charge on any atom is 3.00 e. The van der Waals surface area contributed by atoms with E-state index in [2.05, 4.69) is 0 Å². The Bertz CT molecular complexity index is 273. The molecule has 0 aromatic carbocycles. The van der Waals surface area contributed by atoms with E-state index in [1.165, 1.54) is 0 Å². The molecular weight excluding hydrogens is 1080 g/mol. The Kier molecular flexibility index (Phi) is 34.3. The Morgan fingerprint density at radius 2 is 0.773 bits per heavy atom. The molecule has 0 rings (SSSR count). The molecule has 0 saturated carbocycles. The van der Waals surface area contributed by atoms with Crippen molar-refractivity contribution >= 4 is 179 Å². The molecule has 3 atom stereocenters.